The van der Waals surface area contributed by atoms with Gasteiger partial charge in [-0.3, -0.25) is 4.79 Å². The van der Waals surface area contributed by atoms with Gasteiger partial charge in [0.05, 0.1) is 0 Å². The highest BCUT2D eigenvalue weighted by molar-refractivity contribution is 5.97. The van der Waals surface area contributed by atoms with Crippen LogP contribution >= 0.6 is 0 Å². The largest absolute Gasteiger partial charge is 0.480 e. The Labute approximate surface area is 131 Å². The standard InChI is InChI=1S/C17H24N2O3/c1-4-18(5-2)14-8-6-13(7-9-14)16(20)19(15-10-11-15)12(3)17(21)22/h6-9,12,15H,4-5,10-11H2,1-3H3,(H,21,22). The molecule has 0 aromatic heterocycles. The van der Waals surface area contributed by atoms with Crippen molar-refractivity contribution in [1.82, 2.24) is 4.90 Å². The lowest BCUT2D eigenvalue weighted by Crippen LogP contribution is -2.44. The van der Waals surface area contributed by atoms with Crippen LogP contribution < -0.4 is 4.90 Å². The van der Waals surface area contributed by atoms with Gasteiger partial charge < -0.3 is 14.9 Å². The predicted molar refractivity (Wildman–Crippen MR) is 86.3 cm³/mol. The van der Waals surface area contributed by atoms with Gasteiger partial charge in [0.1, 0.15) is 6.04 Å². The van der Waals surface area contributed by atoms with E-state index >= 15 is 0 Å². The normalized spacial score (nSPS) is 15.2. The third kappa shape index (κ3) is 3.40. The Morgan fingerprint density at radius 2 is 1.73 bits per heavy atom. The van der Waals surface area contributed by atoms with Crippen LogP contribution in [0.5, 0.6) is 0 Å². The number of rotatable bonds is 7. The number of carbonyl (C=O) groups excluding carboxylic acids is 1. The Hall–Kier alpha value is -2.04. The maximum atomic E-state index is 12.6. The zero-order valence-corrected chi connectivity index (χ0v) is 13.5. The molecular formula is C17H24N2O3. The summed E-state index contributed by atoms with van der Waals surface area (Å²) in [4.78, 5) is 27.6. The van der Waals surface area contributed by atoms with Crippen LogP contribution in [0.1, 0.15) is 44.0 Å². The number of nitrogens with zero attached hydrogens (tertiary/aromatic N) is 2. The first-order valence-electron chi connectivity index (χ1n) is 7.90. The van der Waals surface area contributed by atoms with Crippen molar-refractivity contribution in [2.24, 2.45) is 0 Å². The molecule has 1 aliphatic rings. The van der Waals surface area contributed by atoms with Crippen LogP contribution in [0.3, 0.4) is 0 Å². The van der Waals surface area contributed by atoms with Gasteiger partial charge in [-0.2, -0.15) is 0 Å². The van der Waals surface area contributed by atoms with Gasteiger partial charge in [-0.15, -0.1) is 0 Å². The number of hydrogen-bond acceptors (Lipinski definition) is 3. The van der Waals surface area contributed by atoms with Gasteiger partial charge in [-0.25, -0.2) is 4.79 Å². The Morgan fingerprint density at radius 3 is 2.14 bits per heavy atom. The second-order valence-corrected chi connectivity index (χ2v) is 5.68. The number of anilines is 1. The molecule has 5 nitrogen and oxygen atoms in total. The first kappa shape index (κ1) is 16.3. The van der Waals surface area contributed by atoms with Crippen LogP contribution in [0, 0.1) is 0 Å². The van der Waals surface area contributed by atoms with Crippen LogP contribution in [-0.4, -0.2) is 47.1 Å². The highest BCUT2D eigenvalue weighted by Crippen LogP contribution is 2.30. The average Bonchev–Trinajstić information content (AvgIpc) is 3.34. The van der Waals surface area contributed by atoms with Crippen molar-refractivity contribution in [2.45, 2.75) is 45.7 Å². The number of carboxylic acids is 1. The summed E-state index contributed by atoms with van der Waals surface area (Å²) >= 11 is 0. The molecule has 1 atom stereocenters. The van der Waals surface area contributed by atoms with E-state index in [2.05, 4.69) is 18.7 Å². The number of benzene rings is 1. The van der Waals surface area contributed by atoms with Crippen molar-refractivity contribution in [1.29, 1.82) is 0 Å². The first-order chi connectivity index (χ1) is 10.5. The van der Waals surface area contributed by atoms with E-state index in [4.69, 9.17) is 0 Å². The number of carbonyl (C=O) groups is 2. The minimum Gasteiger partial charge on any atom is -0.480 e. The number of aliphatic carboxylic acids is 1. The van der Waals surface area contributed by atoms with Gasteiger partial charge in [-0.1, -0.05) is 0 Å². The first-order valence-corrected chi connectivity index (χ1v) is 7.90. The maximum Gasteiger partial charge on any atom is 0.326 e. The SMILES string of the molecule is CCN(CC)c1ccc(C(=O)N(C2CC2)C(C)C(=O)O)cc1. The molecule has 5 heteroatoms. The highest BCUT2D eigenvalue weighted by atomic mass is 16.4. The Bertz CT molecular complexity index is 533. The lowest BCUT2D eigenvalue weighted by Gasteiger charge is -2.27. The van der Waals surface area contributed by atoms with Crippen molar-refractivity contribution < 1.29 is 14.7 Å². The van der Waals surface area contributed by atoms with Crippen molar-refractivity contribution in [3.05, 3.63) is 29.8 Å². The van der Waals surface area contributed by atoms with Crippen LogP contribution in [0.2, 0.25) is 0 Å². The Morgan fingerprint density at radius 1 is 1.18 bits per heavy atom. The quantitative estimate of drug-likeness (QED) is 0.841. The zero-order valence-electron chi connectivity index (χ0n) is 13.5. The molecule has 2 rings (SSSR count). The Kier molecular flexibility index (Phi) is 5.06. The summed E-state index contributed by atoms with van der Waals surface area (Å²) in [6, 6.07) is 6.72. The number of amides is 1. The van der Waals surface area contributed by atoms with Crippen molar-refractivity contribution >= 4 is 17.6 Å². The fraction of sp³-hybridized carbons (Fsp3) is 0.529. The van der Waals surface area contributed by atoms with Crippen LogP contribution in [0.15, 0.2) is 24.3 Å². The van der Waals surface area contributed by atoms with Crippen LogP contribution in [0.4, 0.5) is 5.69 Å². The van der Waals surface area contributed by atoms with E-state index in [-0.39, 0.29) is 11.9 Å². The second kappa shape index (κ2) is 6.81. The van der Waals surface area contributed by atoms with E-state index in [1.165, 1.54) is 4.90 Å². The van der Waals surface area contributed by atoms with E-state index in [9.17, 15) is 14.7 Å². The Balaban J connectivity index is 2.19. The molecule has 1 unspecified atom stereocenters. The topological polar surface area (TPSA) is 60.9 Å². The fourth-order valence-corrected chi connectivity index (χ4v) is 2.68. The molecule has 0 radical (unpaired) electrons. The minimum absolute atomic E-state index is 0.0704. The molecule has 120 valence electrons. The molecule has 1 aromatic carbocycles. The highest BCUT2D eigenvalue weighted by Gasteiger charge is 2.38. The molecule has 0 aliphatic heterocycles. The van der Waals surface area contributed by atoms with E-state index in [1.807, 2.05) is 12.1 Å². The fourth-order valence-electron chi connectivity index (χ4n) is 2.68. The van der Waals surface area contributed by atoms with Gasteiger partial charge in [0.15, 0.2) is 0 Å². The summed E-state index contributed by atoms with van der Waals surface area (Å²) in [5.41, 5.74) is 1.63. The molecule has 22 heavy (non-hydrogen) atoms. The van der Waals surface area contributed by atoms with Gasteiger partial charge >= 0.3 is 5.97 Å². The summed E-state index contributed by atoms with van der Waals surface area (Å²) in [5.74, 6) is -1.15. The monoisotopic (exact) mass is 304 g/mol. The molecule has 1 fully saturated rings. The lowest BCUT2D eigenvalue weighted by molar-refractivity contribution is -0.141. The van der Waals surface area contributed by atoms with Gasteiger partial charge in [-0.05, 0) is 57.9 Å². The molecule has 0 bridgehead atoms. The molecule has 1 amide bonds. The van der Waals surface area contributed by atoms with Gasteiger partial charge in [0.25, 0.3) is 5.91 Å². The summed E-state index contributed by atoms with van der Waals surface area (Å²) in [5, 5.41) is 9.21. The van der Waals surface area contributed by atoms with E-state index in [0.29, 0.717) is 5.56 Å². The lowest BCUT2D eigenvalue weighted by atomic mass is 10.1. The number of hydrogen-bond donors (Lipinski definition) is 1. The summed E-state index contributed by atoms with van der Waals surface area (Å²) in [7, 11) is 0. The minimum atomic E-state index is -0.958. The van der Waals surface area contributed by atoms with Crippen LogP contribution in [0.25, 0.3) is 0 Å². The molecule has 1 aromatic rings. The van der Waals surface area contributed by atoms with E-state index in [0.717, 1.165) is 31.6 Å². The van der Waals surface area contributed by atoms with Gasteiger partial charge in [0.2, 0.25) is 0 Å². The van der Waals surface area contributed by atoms with E-state index < -0.39 is 12.0 Å². The zero-order chi connectivity index (χ0) is 16.3. The molecule has 0 heterocycles. The molecule has 0 saturated heterocycles. The molecular weight excluding hydrogens is 280 g/mol. The second-order valence-electron chi connectivity index (χ2n) is 5.68. The molecule has 1 N–H and O–H groups in total. The van der Waals surface area contributed by atoms with Crippen molar-refractivity contribution in [2.75, 3.05) is 18.0 Å². The number of carboxylic acid groups (broad SMARTS) is 1. The maximum absolute atomic E-state index is 12.6. The van der Waals surface area contributed by atoms with Crippen molar-refractivity contribution in [3.63, 3.8) is 0 Å². The van der Waals surface area contributed by atoms with Crippen molar-refractivity contribution in [3.8, 4) is 0 Å². The average molecular weight is 304 g/mol. The summed E-state index contributed by atoms with van der Waals surface area (Å²) in [6.45, 7) is 7.57. The smallest absolute Gasteiger partial charge is 0.326 e. The van der Waals surface area contributed by atoms with Gasteiger partial charge in [0, 0.05) is 30.4 Å². The third-order valence-electron chi connectivity index (χ3n) is 4.19. The molecule has 0 spiro atoms. The van der Waals surface area contributed by atoms with Crippen LogP contribution in [-0.2, 0) is 4.79 Å². The molecule has 1 aliphatic carbocycles. The van der Waals surface area contributed by atoms with E-state index in [1.54, 1.807) is 19.1 Å². The molecule has 1 saturated carbocycles. The third-order valence-corrected chi connectivity index (χ3v) is 4.19. The summed E-state index contributed by atoms with van der Waals surface area (Å²) < 4.78 is 0. The predicted octanol–water partition coefficient (Wildman–Crippen LogP) is 2.61. The summed E-state index contributed by atoms with van der Waals surface area (Å²) in [6.07, 6.45) is 1.78.